The number of imide groups is 1. The Labute approximate surface area is 256 Å². The molecule has 1 heterocycles. The molecule has 0 radical (unpaired) electrons. The minimum absolute atomic E-state index is 0. The number of nitrogens with zero attached hydrogens (tertiary/aromatic N) is 1. The number of ether oxygens (including phenoxy) is 2. The van der Waals surface area contributed by atoms with E-state index in [1.807, 2.05) is 0 Å². The molecule has 1 aliphatic heterocycles. The maximum absolute atomic E-state index is 12.6. The summed E-state index contributed by atoms with van der Waals surface area (Å²) in [4.78, 5) is 37.8. The van der Waals surface area contributed by atoms with Crippen molar-refractivity contribution in [2.75, 3.05) is 20.2 Å². The molecule has 0 bridgehead atoms. The van der Waals surface area contributed by atoms with Crippen LogP contribution in [0.3, 0.4) is 0 Å². The first-order valence-corrected chi connectivity index (χ1v) is 14.7. The third-order valence-electron chi connectivity index (χ3n) is 4.97. The van der Waals surface area contributed by atoms with Gasteiger partial charge in [-0.15, -0.1) is 0 Å². The van der Waals surface area contributed by atoms with Crippen molar-refractivity contribution in [1.82, 2.24) is 10.2 Å². The maximum Gasteiger partial charge on any atom is 1.00 e. The number of hydrogen-bond acceptors (Lipinski definition) is 14. The van der Waals surface area contributed by atoms with E-state index in [2.05, 4.69) is 17.9 Å². The van der Waals surface area contributed by atoms with Crippen LogP contribution in [0.4, 0.5) is 0 Å². The Morgan fingerprint density at radius 2 is 1.37 bits per heavy atom. The molecule has 0 unspecified atom stereocenters. The van der Waals surface area contributed by atoms with Crippen molar-refractivity contribution in [1.29, 1.82) is 0 Å². The number of hydrogen-bond donors (Lipinski definition) is 4. The van der Waals surface area contributed by atoms with Crippen molar-refractivity contribution in [3.63, 3.8) is 0 Å². The second-order valence-corrected chi connectivity index (χ2v) is 11.0. The smallest absolute Gasteiger partial charge is 0.353 e. The van der Waals surface area contributed by atoms with Crippen LogP contribution in [0.15, 0.2) is 30.3 Å². The first-order valence-electron chi connectivity index (χ1n) is 10.6. The van der Waals surface area contributed by atoms with Crippen LogP contribution in [0.1, 0.15) is 17.3 Å². The van der Waals surface area contributed by atoms with Gasteiger partial charge >= 0.3 is 60.8 Å². The first kappa shape index (κ1) is 37.4. The van der Waals surface area contributed by atoms with Gasteiger partial charge in [-0.25, -0.2) is 12.5 Å². The van der Waals surface area contributed by atoms with Gasteiger partial charge in [0.15, 0.2) is 12.4 Å². The van der Waals surface area contributed by atoms with E-state index in [1.54, 1.807) is 6.07 Å². The van der Waals surface area contributed by atoms with Crippen LogP contribution in [0, 0.1) is 0 Å². The van der Waals surface area contributed by atoms with E-state index in [4.69, 9.17) is 18.6 Å². The Bertz CT molecular complexity index is 1400. The fourth-order valence-electron chi connectivity index (χ4n) is 3.46. The zero-order valence-electron chi connectivity index (χ0n) is 21.4. The average Bonchev–Trinajstić information content (AvgIpc) is 2.81. The Balaban J connectivity index is 0.00000840. The molecule has 1 aromatic carbocycles. The van der Waals surface area contributed by atoms with Gasteiger partial charge in [0.25, 0.3) is 5.91 Å². The number of methoxy groups -OCH3 is 1. The predicted octanol–water partition coefficient (Wildman–Crippen LogP) is -5.27. The first-order chi connectivity index (χ1) is 18.3. The standard InChI is InChI=1S/C18H24N2O17S3.Na/c1-10(21)20(17(23)11-6-4-3-5-7-11)9-13(22)19-8-12-14(35-38(24,25)26)15(36-39(27,28)29)16(18(33-2)34-12)37-40(30,31)32;/h3-7,12,14-16,18H,8-9H2,1-2H3,(H,19,22)(H,24,25,26)(H,27,28,29)(H,30,31,32);/q;+1/t12-,14-,15+,16+,18+;/m1./s1. The summed E-state index contributed by atoms with van der Waals surface area (Å²) in [5, 5.41) is 2.15. The molecule has 23 heteroatoms. The third-order valence-corrected chi connectivity index (χ3v) is 6.37. The molecular formula is C18H24N2NaO17S3+. The molecule has 0 aromatic heterocycles. The van der Waals surface area contributed by atoms with E-state index in [0.29, 0.717) is 4.90 Å². The van der Waals surface area contributed by atoms with Gasteiger partial charge in [-0.2, -0.15) is 25.3 Å². The van der Waals surface area contributed by atoms with E-state index in [0.717, 1.165) is 14.0 Å². The minimum atomic E-state index is -5.54. The van der Waals surface area contributed by atoms with Gasteiger partial charge in [0.1, 0.15) is 24.9 Å². The van der Waals surface area contributed by atoms with Crippen molar-refractivity contribution in [2.24, 2.45) is 0 Å². The topological polar surface area (TPSA) is 276 Å². The molecule has 0 spiro atoms. The molecular weight excluding hydrogens is 635 g/mol. The summed E-state index contributed by atoms with van der Waals surface area (Å²) in [5.41, 5.74) is 0.0701. The van der Waals surface area contributed by atoms with Gasteiger partial charge in [-0.1, -0.05) is 18.2 Å². The van der Waals surface area contributed by atoms with Gasteiger partial charge in [0.05, 0.1) is 0 Å². The number of nitrogens with one attached hydrogen (secondary N) is 1. The van der Waals surface area contributed by atoms with Crippen LogP contribution in [0.2, 0.25) is 0 Å². The average molecular weight is 660 g/mol. The Morgan fingerprint density at radius 3 is 1.83 bits per heavy atom. The molecule has 0 saturated carbocycles. The quantitative estimate of drug-likeness (QED) is 0.120. The Kier molecular flexibility index (Phi) is 13.9. The second-order valence-electron chi connectivity index (χ2n) is 7.82. The van der Waals surface area contributed by atoms with Crippen molar-refractivity contribution < 1.29 is 105 Å². The third kappa shape index (κ3) is 12.2. The summed E-state index contributed by atoms with van der Waals surface area (Å²) in [6.07, 6.45) is -11.2. The molecule has 1 aliphatic rings. The predicted molar refractivity (Wildman–Crippen MR) is 126 cm³/mol. The molecule has 1 fully saturated rings. The molecule has 2 rings (SSSR count). The molecule has 1 aromatic rings. The van der Waals surface area contributed by atoms with E-state index in [9.17, 15) is 44.2 Å². The largest absolute Gasteiger partial charge is 1.00 e. The van der Waals surface area contributed by atoms with E-state index in [-0.39, 0.29) is 35.1 Å². The van der Waals surface area contributed by atoms with Crippen LogP contribution in [-0.4, -0.2) is 112 Å². The zero-order chi connectivity index (χ0) is 30.5. The van der Waals surface area contributed by atoms with Gasteiger partial charge in [0.2, 0.25) is 11.8 Å². The fourth-order valence-corrected chi connectivity index (χ4v) is 4.95. The van der Waals surface area contributed by atoms with Crippen LogP contribution in [-0.2, 0) is 62.8 Å². The summed E-state index contributed by atoms with van der Waals surface area (Å²) in [6, 6.07) is 7.40. The van der Waals surface area contributed by atoms with E-state index >= 15 is 0 Å². The summed E-state index contributed by atoms with van der Waals surface area (Å²) >= 11 is 0. The Morgan fingerprint density at radius 1 is 0.878 bits per heavy atom. The fraction of sp³-hybridized carbons (Fsp3) is 0.500. The number of amides is 3. The minimum Gasteiger partial charge on any atom is -0.353 e. The molecule has 4 N–H and O–H groups in total. The van der Waals surface area contributed by atoms with Crippen LogP contribution >= 0.6 is 0 Å². The molecule has 19 nitrogen and oxygen atoms in total. The maximum atomic E-state index is 12.6. The molecule has 226 valence electrons. The summed E-state index contributed by atoms with van der Waals surface area (Å²) in [7, 11) is -15.6. The molecule has 41 heavy (non-hydrogen) atoms. The number of rotatable bonds is 12. The van der Waals surface area contributed by atoms with Gasteiger partial charge in [-0.05, 0) is 12.1 Å². The van der Waals surface area contributed by atoms with Crippen molar-refractivity contribution in [3.8, 4) is 0 Å². The zero-order valence-corrected chi connectivity index (χ0v) is 25.9. The SMILES string of the molecule is CO[C@H]1O[C@H](CNC(=O)CN(C(C)=O)C(=O)c2ccccc2)[C@@H](OS(=O)(=O)O)[C@H](OS(=O)(=O)O)[C@@H]1OS(=O)(=O)O.[Na+]. The van der Waals surface area contributed by atoms with E-state index in [1.165, 1.54) is 24.3 Å². The molecule has 5 atom stereocenters. The van der Waals surface area contributed by atoms with E-state index < -0.39 is 92.7 Å². The number of carbonyl (C=O) groups excluding carboxylic acids is 3. The van der Waals surface area contributed by atoms with Crippen LogP contribution < -0.4 is 34.9 Å². The van der Waals surface area contributed by atoms with Crippen LogP contribution in [0.5, 0.6) is 0 Å². The monoisotopic (exact) mass is 659 g/mol. The molecule has 3 amide bonds. The Hall–Kier alpha value is -1.64. The van der Waals surface area contributed by atoms with Crippen LogP contribution in [0.25, 0.3) is 0 Å². The molecule has 0 aliphatic carbocycles. The van der Waals surface area contributed by atoms with Crippen molar-refractivity contribution in [2.45, 2.75) is 37.6 Å². The van der Waals surface area contributed by atoms with Gasteiger partial charge in [-0.3, -0.25) is 32.9 Å². The summed E-state index contributed by atoms with van der Waals surface area (Å²) < 4.78 is 119. The van der Waals surface area contributed by atoms with Gasteiger partial charge in [0, 0.05) is 26.1 Å². The molecule has 1 saturated heterocycles. The number of carbonyl (C=O) groups is 3. The van der Waals surface area contributed by atoms with Crippen molar-refractivity contribution in [3.05, 3.63) is 35.9 Å². The second kappa shape index (κ2) is 15.2. The van der Waals surface area contributed by atoms with Crippen molar-refractivity contribution >= 4 is 48.9 Å². The normalized spacial score (nSPS) is 23.2. The van der Waals surface area contributed by atoms with Gasteiger partial charge < -0.3 is 14.8 Å². The number of benzene rings is 1. The summed E-state index contributed by atoms with van der Waals surface area (Å²) in [6.45, 7) is -0.690. The summed E-state index contributed by atoms with van der Waals surface area (Å²) in [5.74, 6) is -2.70.